The number of nitrogens with zero attached hydrogens (tertiary/aromatic N) is 2. The van der Waals surface area contributed by atoms with Gasteiger partial charge in [-0.15, -0.1) is 0 Å². The lowest BCUT2D eigenvalue weighted by Crippen LogP contribution is -2.39. The highest BCUT2D eigenvalue weighted by Crippen LogP contribution is 2.30. The maximum absolute atomic E-state index is 12.6. The molecule has 2 heterocycles. The molecule has 31 heavy (non-hydrogen) atoms. The fourth-order valence-electron chi connectivity index (χ4n) is 4.39. The Morgan fingerprint density at radius 3 is 2.35 bits per heavy atom. The largest absolute Gasteiger partial charge is 0.478 e. The molecule has 0 unspecified atom stereocenters. The van der Waals surface area contributed by atoms with Crippen molar-refractivity contribution in [3.8, 4) is 0 Å². The van der Waals surface area contributed by atoms with Gasteiger partial charge in [0, 0.05) is 29.7 Å². The Balaban J connectivity index is 1.67. The predicted molar refractivity (Wildman–Crippen MR) is 123 cm³/mol. The second-order valence-electron chi connectivity index (χ2n) is 8.74. The van der Waals surface area contributed by atoms with Crippen LogP contribution in [0.4, 0.5) is 11.5 Å². The van der Waals surface area contributed by atoms with Crippen molar-refractivity contribution in [3.63, 3.8) is 0 Å². The van der Waals surface area contributed by atoms with Crippen LogP contribution in [0.3, 0.4) is 0 Å². The van der Waals surface area contributed by atoms with Gasteiger partial charge < -0.3 is 15.3 Å². The number of pyridine rings is 1. The van der Waals surface area contributed by atoms with Crippen LogP contribution in [-0.4, -0.2) is 35.1 Å². The molecule has 6 heteroatoms. The molecular formula is C25H27N3O3. The second-order valence-corrected chi connectivity index (χ2v) is 8.74. The Labute approximate surface area is 181 Å². The lowest BCUT2D eigenvalue weighted by atomic mass is 9.92. The van der Waals surface area contributed by atoms with Crippen LogP contribution in [-0.2, 0) is 0 Å². The molecule has 1 saturated heterocycles. The van der Waals surface area contributed by atoms with Crippen LogP contribution in [0, 0.1) is 18.8 Å². The van der Waals surface area contributed by atoms with E-state index < -0.39 is 5.97 Å². The summed E-state index contributed by atoms with van der Waals surface area (Å²) in [5.41, 5.74) is 2.96. The molecular weight excluding hydrogens is 390 g/mol. The number of carbonyl (C=O) groups is 2. The molecule has 1 aromatic heterocycles. The molecule has 0 aliphatic carbocycles. The number of hydrogen-bond donors (Lipinski definition) is 2. The Kier molecular flexibility index (Phi) is 5.63. The standard InChI is InChI=1S/C25H27N3O3/c1-15-4-6-18(7-5-15)24(29)26-19-8-9-22-20(11-19)21(25(30)31)12-23(27-22)28-13-16(2)10-17(3)14-28/h4-9,11-12,16-17H,10,13-14H2,1-3H3,(H,26,29)(H,30,31)/t16-,17+. The molecule has 0 radical (unpaired) electrons. The molecule has 1 fully saturated rings. The quantitative estimate of drug-likeness (QED) is 0.626. The summed E-state index contributed by atoms with van der Waals surface area (Å²) in [5.74, 6) is 0.522. The van der Waals surface area contributed by atoms with Gasteiger partial charge in [0.2, 0.25) is 0 Å². The predicted octanol–water partition coefficient (Wildman–Crippen LogP) is 4.98. The van der Waals surface area contributed by atoms with Crippen LogP contribution in [0.25, 0.3) is 10.9 Å². The van der Waals surface area contributed by atoms with Crippen molar-refractivity contribution in [1.82, 2.24) is 4.98 Å². The lowest BCUT2D eigenvalue weighted by Gasteiger charge is -2.36. The highest BCUT2D eigenvalue weighted by molar-refractivity contribution is 6.08. The molecule has 2 aromatic carbocycles. The summed E-state index contributed by atoms with van der Waals surface area (Å²) in [4.78, 5) is 31.5. The van der Waals surface area contributed by atoms with Crippen molar-refractivity contribution in [2.75, 3.05) is 23.3 Å². The average Bonchev–Trinajstić information content (AvgIpc) is 2.72. The van der Waals surface area contributed by atoms with Crippen molar-refractivity contribution in [3.05, 3.63) is 65.2 Å². The van der Waals surface area contributed by atoms with E-state index in [-0.39, 0.29) is 11.5 Å². The van der Waals surface area contributed by atoms with E-state index in [1.807, 2.05) is 19.1 Å². The summed E-state index contributed by atoms with van der Waals surface area (Å²) in [5, 5.41) is 13.2. The van der Waals surface area contributed by atoms with E-state index in [2.05, 4.69) is 24.1 Å². The van der Waals surface area contributed by atoms with Gasteiger partial charge in [-0.05, 0) is 61.6 Å². The van der Waals surface area contributed by atoms with Crippen molar-refractivity contribution < 1.29 is 14.7 Å². The van der Waals surface area contributed by atoms with Gasteiger partial charge in [-0.1, -0.05) is 31.5 Å². The molecule has 1 aliphatic heterocycles. The van der Waals surface area contributed by atoms with Crippen molar-refractivity contribution in [2.45, 2.75) is 27.2 Å². The number of aromatic carboxylic acids is 1. The maximum Gasteiger partial charge on any atom is 0.336 e. The first kappa shape index (κ1) is 20.8. The molecule has 160 valence electrons. The Morgan fingerprint density at radius 1 is 1.03 bits per heavy atom. The van der Waals surface area contributed by atoms with Crippen LogP contribution >= 0.6 is 0 Å². The fourth-order valence-corrected chi connectivity index (χ4v) is 4.39. The number of carboxylic acids is 1. The topological polar surface area (TPSA) is 82.5 Å². The number of nitrogens with one attached hydrogen (secondary N) is 1. The molecule has 0 bridgehead atoms. The average molecular weight is 418 g/mol. The van der Waals surface area contributed by atoms with Gasteiger partial charge in [0.25, 0.3) is 5.91 Å². The van der Waals surface area contributed by atoms with E-state index in [4.69, 9.17) is 4.98 Å². The Hall–Kier alpha value is -3.41. The number of carboxylic acid groups (broad SMARTS) is 1. The summed E-state index contributed by atoms with van der Waals surface area (Å²) < 4.78 is 0. The number of aromatic nitrogens is 1. The van der Waals surface area contributed by atoms with Crippen molar-refractivity contribution in [2.24, 2.45) is 11.8 Å². The lowest BCUT2D eigenvalue weighted by molar-refractivity contribution is 0.0698. The summed E-state index contributed by atoms with van der Waals surface area (Å²) in [7, 11) is 0. The number of fused-ring (bicyclic) bond motifs is 1. The van der Waals surface area contributed by atoms with E-state index in [1.54, 1.807) is 36.4 Å². The van der Waals surface area contributed by atoms with Gasteiger partial charge >= 0.3 is 5.97 Å². The number of rotatable bonds is 4. The number of amides is 1. The van der Waals surface area contributed by atoms with Gasteiger partial charge in [0.1, 0.15) is 5.82 Å². The number of anilines is 2. The molecule has 1 amide bonds. The van der Waals surface area contributed by atoms with Crippen LogP contribution in [0.1, 0.15) is 46.5 Å². The molecule has 6 nitrogen and oxygen atoms in total. The normalized spacial score (nSPS) is 18.7. The van der Waals surface area contributed by atoms with E-state index in [9.17, 15) is 14.7 Å². The zero-order valence-corrected chi connectivity index (χ0v) is 18.1. The number of carbonyl (C=O) groups excluding carboxylic acids is 1. The molecule has 0 spiro atoms. The third kappa shape index (κ3) is 4.53. The first-order chi connectivity index (χ1) is 14.8. The SMILES string of the molecule is Cc1ccc(C(=O)Nc2ccc3nc(N4C[C@H](C)C[C@H](C)C4)cc(C(=O)O)c3c2)cc1. The van der Waals surface area contributed by atoms with E-state index in [0.717, 1.165) is 18.7 Å². The minimum Gasteiger partial charge on any atom is -0.478 e. The first-order valence-corrected chi connectivity index (χ1v) is 10.6. The monoisotopic (exact) mass is 417 g/mol. The third-order valence-corrected chi connectivity index (χ3v) is 5.79. The summed E-state index contributed by atoms with van der Waals surface area (Å²) in [6.07, 6.45) is 1.17. The first-order valence-electron chi connectivity index (χ1n) is 10.6. The summed E-state index contributed by atoms with van der Waals surface area (Å²) in [6.45, 7) is 8.12. The summed E-state index contributed by atoms with van der Waals surface area (Å²) in [6, 6.07) is 14.2. The minimum atomic E-state index is -1.01. The van der Waals surface area contributed by atoms with E-state index in [1.165, 1.54) is 6.42 Å². The number of hydrogen-bond acceptors (Lipinski definition) is 4. The number of piperidine rings is 1. The molecule has 3 aromatic rings. The Bertz CT molecular complexity index is 1130. The van der Waals surface area contributed by atoms with Crippen LogP contribution in [0.5, 0.6) is 0 Å². The molecule has 2 atom stereocenters. The molecule has 1 aliphatic rings. The van der Waals surface area contributed by atoms with Crippen molar-refractivity contribution >= 4 is 34.3 Å². The van der Waals surface area contributed by atoms with Crippen molar-refractivity contribution in [1.29, 1.82) is 0 Å². The molecule has 4 rings (SSSR count). The fraction of sp³-hybridized carbons (Fsp3) is 0.320. The van der Waals surface area contributed by atoms with Gasteiger partial charge in [-0.2, -0.15) is 0 Å². The van der Waals surface area contributed by atoms with Gasteiger partial charge in [0.05, 0.1) is 11.1 Å². The summed E-state index contributed by atoms with van der Waals surface area (Å²) >= 11 is 0. The van der Waals surface area contributed by atoms with E-state index >= 15 is 0 Å². The minimum absolute atomic E-state index is 0.192. The molecule has 2 N–H and O–H groups in total. The van der Waals surface area contributed by atoms with Gasteiger partial charge in [0.15, 0.2) is 0 Å². The highest BCUT2D eigenvalue weighted by Gasteiger charge is 2.24. The van der Waals surface area contributed by atoms with Crippen LogP contribution in [0.15, 0.2) is 48.5 Å². The molecule has 0 saturated carbocycles. The zero-order valence-electron chi connectivity index (χ0n) is 18.1. The smallest absolute Gasteiger partial charge is 0.336 e. The third-order valence-electron chi connectivity index (χ3n) is 5.79. The number of benzene rings is 2. The van der Waals surface area contributed by atoms with Crippen LogP contribution < -0.4 is 10.2 Å². The maximum atomic E-state index is 12.6. The van der Waals surface area contributed by atoms with Crippen LogP contribution in [0.2, 0.25) is 0 Å². The van der Waals surface area contributed by atoms with E-state index in [0.29, 0.717) is 39.8 Å². The van der Waals surface area contributed by atoms with Gasteiger partial charge in [-0.25, -0.2) is 9.78 Å². The second kappa shape index (κ2) is 8.38. The number of aryl methyl sites for hydroxylation is 1. The van der Waals surface area contributed by atoms with Gasteiger partial charge in [-0.3, -0.25) is 4.79 Å². The Morgan fingerprint density at radius 2 is 1.71 bits per heavy atom. The zero-order chi connectivity index (χ0) is 22.1. The highest BCUT2D eigenvalue weighted by atomic mass is 16.4.